The number of hydrogen-bond donors (Lipinski definition) is 2. The first-order valence-corrected chi connectivity index (χ1v) is 14.6. The van der Waals surface area contributed by atoms with E-state index in [9.17, 15) is 13.2 Å². The number of carbonyl (C=O) groups excluding carboxylic acids is 1. The van der Waals surface area contributed by atoms with Gasteiger partial charge in [-0.3, -0.25) is 0 Å². The molecule has 10 nitrogen and oxygen atoms in total. The first-order chi connectivity index (χ1) is 17.6. The summed E-state index contributed by atoms with van der Waals surface area (Å²) in [6.07, 6.45) is 7.76. The molecule has 2 saturated heterocycles. The molecule has 0 saturated carbocycles. The number of carbonyl (C=O) groups is 1. The number of fused-ring (bicyclic) bond motifs is 1. The summed E-state index contributed by atoms with van der Waals surface area (Å²) < 4.78 is 50.0. The van der Waals surface area contributed by atoms with Crippen LogP contribution in [0, 0.1) is 0 Å². The quantitative estimate of drug-likeness (QED) is 0.235. The van der Waals surface area contributed by atoms with Crippen LogP contribution in [0.15, 0.2) is 41.1 Å². The summed E-state index contributed by atoms with van der Waals surface area (Å²) in [5.41, 5.74) is 2.31. The normalized spacial score (nSPS) is 23.5. The summed E-state index contributed by atoms with van der Waals surface area (Å²) in [4.78, 5) is 16.7. The van der Waals surface area contributed by atoms with E-state index in [0.717, 1.165) is 12.8 Å². The van der Waals surface area contributed by atoms with Crippen molar-refractivity contribution in [3.8, 4) is 0 Å². The van der Waals surface area contributed by atoms with E-state index in [-0.39, 0.29) is 4.90 Å². The van der Waals surface area contributed by atoms with Crippen molar-refractivity contribution in [2.24, 2.45) is 0 Å². The highest BCUT2D eigenvalue weighted by Gasteiger charge is 2.54. The molecule has 12 heteroatoms. The Kier molecular flexibility index (Phi) is 10.9. The van der Waals surface area contributed by atoms with Crippen LogP contribution in [0.4, 0.5) is 4.79 Å². The number of amides is 1. The minimum absolute atomic E-state index is 0.134. The Morgan fingerprint density at radius 2 is 1.70 bits per heavy atom. The van der Waals surface area contributed by atoms with Crippen molar-refractivity contribution in [2.75, 3.05) is 6.61 Å². The third-order valence-corrected chi connectivity index (χ3v) is 7.49. The first-order valence-electron chi connectivity index (χ1n) is 12.7. The zero-order valence-electron chi connectivity index (χ0n) is 21.5. The lowest BCUT2D eigenvalue weighted by Crippen LogP contribution is -2.34. The molecule has 208 valence electrons. The molecule has 0 bridgehead atoms. The number of hydroxylamine groups is 1. The zero-order valence-corrected chi connectivity index (χ0v) is 23.1. The summed E-state index contributed by atoms with van der Waals surface area (Å²) in [6, 6.07) is 5.35. The van der Waals surface area contributed by atoms with Crippen LogP contribution in [0.5, 0.6) is 0 Å². The molecule has 2 N–H and O–H groups in total. The molecule has 0 spiro atoms. The van der Waals surface area contributed by atoms with E-state index in [4.69, 9.17) is 35.4 Å². The Hall–Kier alpha value is -2.05. The molecule has 1 aromatic rings. The Morgan fingerprint density at radius 1 is 1.05 bits per heavy atom. The maximum absolute atomic E-state index is 12.3. The van der Waals surface area contributed by atoms with E-state index in [2.05, 4.69) is 12.4 Å². The van der Waals surface area contributed by atoms with Crippen molar-refractivity contribution in [3.63, 3.8) is 0 Å². The molecule has 1 aromatic carbocycles. The van der Waals surface area contributed by atoms with E-state index >= 15 is 0 Å². The van der Waals surface area contributed by atoms with Gasteiger partial charge in [-0.25, -0.2) is 23.4 Å². The Balaban J connectivity index is 1.48. The molecule has 1 amide bonds. The lowest BCUT2D eigenvalue weighted by Gasteiger charge is -2.22. The van der Waals surface area contributed by atoms with Crippen LogP contribution in [-0.2, 0) is 33.8 Å². The summed E-state index contributed by atoms with van der Waals surface area (Å²) in [6.45, 7) is 6.30. The molecule has 2 fully saturated rings. The minimum Gasteiger partial charge on any atom is -0.462 e. The minimum atomic E-state index is -4.13. The van der Waals surface area contributed by atoms with Crippen molar-refractivity contribution < 1.29 is 37.0 Å². The van der Waals surface area contributed by atoms with Gasteiger partial charge >= 0.3 is 6.09 Å². The fraction of sp³-hybridized carbons (Fsp3) is 0.640. The van der Waals surface area contributed by atoms with Gasteiger partial charge in [0.15, 0.2) is 17.7 Å². The number of sulfonamides is 1. The second-order valence-electron chi connectivity index (χ2n) is 9.47. The average molecular weight is 561 g/mol. The van der Waals surface area contributed by atoms with Gasteiger partial charge in [-0.2, -0.15) is 0 Å². The van der Waals surface area contributed by atoms with Gasteiger partial charge in [0.05, 0.1) is 11.1 Å². The summed E-state index contributed by atoms with van der Waals surface area (Å²) in [7, 11) is -4.13. The summed E-state index contributed by atoms with van der Waals surface area (Å²) in [5, 5.41) is 0.367. The zero-order chi connectivity index (χ0) is 26.9. The third kappa shape index (κ3) is 9.03. The highest BCUT2D eigenvalue weighted by atomic mass is 35.5. The van der Waals surface area contributed by atoms with Gasteiger partial charge in [0.2, 0.25) is 6.29 Å². The van der Waals surface area contributed by atoms with Crippen molar-refractivity contribution in [2.45, 2.75) is 101 Å². The molecular weight excluding hydrogens is 524 g/mol. The predicted octanol–water partition coefficient (Wildman–Crippen LogP) is 5.13. The van der Waals surface area contributed by atoms with E-state index < -0.39 is 40.4 Å². The van der Waals surface area contributed by atoms with Crippen LogP contribution >= 0.6 is 11.6 Å². The fourth-order valence-electron chi connectivity index (χ4n) is 4.10. The molecule has 0 aromatic heterocycles. The molecule has 2 aliphatic rings. The highest BCUT2D eigenvalue weighted by Crippen LogP contribution is 2.40. The van der Waals surface area contributed by atoms with Crippen LogP contribution in [0.3, 0.4) is 0 Å². The lowest BCUT2D eigenvalue weighted by atomic mass is 10.1. The number of hydrogen-bond acceptors (Lipinski definition) is 9. The van der Waals surface area contributed by atoms with E-state index in [0.29, 0.717) is 17.4 Å². The van der Waals surface area contributed by atoms with E-state index in [1.807, 2.05) is 0 Å². The van der Waals surface area contributed by atoms with Crippen molar-refractivity contribution in [3.05, 3.63) is 41.2 Å². The molecule has 2 aliphatic heterocycles. The maximum Gasteiger partial charge on any atom is 0.445 e. The fourth-order valence-corrected chi connectivity index (χ4v) is 5.10. The van der Waals surface area contributed by atoms with Crippen molar-refractivity contribution in [1.82, 2.24) is 10.2 Å². The molecule has 3 atom stereocenters. The number of benzene rings is 1. The van der Waals surface area contributed by atoms with Gasteiger partial charge in [0.25, 0.3) is 10.0 Å². The van der Waals surface area contributed by atoms with E-state index in [1.54, 1.807) is 18.6 Å². The largest absolute Gasteiger partial charge is 0.462 e. The molecule has 0 radical (unpaired) electrons. The Bertz CT molecular complexity index is 1020. The SMILES string of the molecule is CCCCCCCCCCO[C@H]1C(=CNOC(=O)NS(=O)(=O)c2ccc(Cl)cc2)O[C@@H]2OC(C)(C)O[C@@H]21. The topological polar surface area (TPSA) is 121 Å². The van der Waals surface area contributed by atoms with Gasteiger partial charge in [-0.1, -0.05) is 63.5 Å². The summed E-state index contributed by atoms with van der Waals surface area (Å²) in [5.74, 6) is -0.501. The highest BCUT2D eigenvalue weighted by molar-refractivity contribution is 7.90. The van der Waals surface area contributed by atoms with Crippen LogP contribution in [0.25, 0.3) is 0 Å². The van der Waals surface area contributed by atoms with Gasteiger partial charge in [0, 0.05) is 11.6 Å². The summed E-state index contributed by atoms with van der Waals surface area (Å²) >= 11 is 5.77. The van der Waals surface area contributed by atoms with Gasteiger partial charge in [0.1, 0.15) is 6.10 Å². The smallest absolute Gasteiger partial charge is 0.445 e. The third-order valence-electron chi connectivity index (χ3n) is 5.91. The molecule has 0 unspecified atom stereocenters. The number of rotatable bonds is 14. The number of halogens is 1. The van der Waals surface area contributed by atoms with Crippen molar-refractivity contribution in [1.29, 1.82) is 0 Å². The van der Waals surface area contributed by atoms with Crippen LogP contribution < -0.4 is 10.2 Å². The van der Waals surface area contributed by atoms with Gasteiger partial charge in [-0.05, 0) is 44.5 Å². The van der Waals surface area contributed by atoms with Crippen LogP contribution in [0.2, 0.25) is 5.02 Å². The molecule has 37 heavy (non-hydrogen) atoms. The predicted molar refractivity (Wildman–Crippen MR) is 137 cm³/mol. The standard InChI is InChI=1S/C25H37ClN2O8S/c1-4-5-6-7-8-9-10-11-16-32-21-20(33-23-22(21)34-25(2,3)35-23)17-27-36-24(29)28-37(30,31)19-14-12-18(26)13-15-19/h12-15,17,21-23,27H,4-11,16H2,1-3H3,(H,28,29)/t21-,22+,23+/m0/s1. The van der Waals surface area contributed by atoms with Crippen LogP contribution in [-0.4, -0.2) is 45.4 Å². The molecule has 2 heterocycles. The number of nitrogens with one attached hydrogen (secondary N) is 2. The first kappa shape index (κ1) is 29.5. The number of ether oxygens (including phenoxy) is 4. The second kappa shape index (κ2) is 13.7. The van der Waals surface area contributed by atoms with Gasteiger partial charge < -0.3 is 23.8 Å². The Labute approximate surface area is 224 Å². The molecular formula is C25H37ClN2O8S. The van der Waals surface area contributed by atoms with E-state index in [1.165, 1.54) is 69.0 Å². The second-order valence-corrected chi connectivity index (χ2v) is 11.6. The monoisotopic (exact) mass is 560 g/mol. The number of unbranched alkanes of at least 4 members (excludes halogenated alkanes) is 7. The molecule has 0 aliphatic carbocycles. The van der Waals surface area contributed by atoms with Crippen molar-refractivity contribution >= 4 is 27.7 Å². The molecule has 3 rings (SSSR count). The maximum atomic E-state index is 12.3. The lowest BCUT2D eigenvalue weighted by molar-refractivity contribution is -0.191. The average Bonchev–Trinajstić information content (AvgIpc) is 3.29. The Morgan fingerprint density at radius 3 is 2.38 bits per heavy atom. The van der Waals surface area contributed by atoms with Crippen LogP contribution in [0.1, 0.15) is 72.1 Å². The van der Waals surface area contributed by atoms with Gasteiger partial charge in [-0.15, -0.1) is 0 Å².